The molecular weight excluding hydrogens is 293 g/mol. The maximum absolute atomic E-state index is 13.1. The lowest BCUT2D eigenvalue weighted by Gasteiger charge is -2.17. The van der Waals surface area contributed by atoms with Crippen molar-refractivity contribution in [1.29, 1.82) is 0 Å². The van der Waals surface area contributed by atoms with E-state index in [-0.39, 0.29) is 10.8 Å². The maximum atomic E-state index is 13.1. The van der Waals surface area contributed by atoms with Crippen molar-refractivity contribution in [3.63, 3.8) is 0 Å². The molecule has 0 saturated carbocycles. The van der Waals surface area contributed by atoms with Gasteiger partial charge in [0.05, 0.1) is 11.2 Å². The molecule has 3 rings (SSSR count). The number of aryl methyl sites for hydroxylation is 1. The molecule has 0 spiro atoms. The molecule has 1 fully saturated rings. The van der Waals surface area contributed by atoms with Crippen molar-refractivity contribution in [2.24, 2.45) is 0 Å². The van der Waals surface area contributed by atoms with E-state index in [9.17, 15) is 12.8 Å². The molecule has 0 amide bonds. The summed E-state index contributed by atoms with van der Waals surface area (Å²) >= 11 is 0. The summed E-state index contributed by atoms with van der Waals surface area (Å²) in [6.07, 6.45) is 2.32. The van der Waals surface area contributed by atoms with E-state index in [2.05, 4.69) is 0 Å². The highest BCUT2D eigenvalue weighted by Crippen LogP contribution is 2.32. The van der Waals surface area contributed by atoms with Crippen molar-refractivity contribution in [3.05, 3.63) is 53.7 Å². The zero-order valence-corrected chi connectivity index (χ0v) is 12.4. The molecular formula is C15H16FNO3S. The zero-order chi connectivity index (χ0) is 15.0. The lowest BCUT2D eigenvalue weighted by atomic mass is 10.1. The predicted molar refractivity (Wildman–Crippen MR) is 76.0 cm³/mol. The maximum Gasteiger partial charge on any atom is 0.243 e. The van der Waals surface area contributed by atoms with Gasteiger partial charge >= 0.3 is 0 Å². The van der Waals surface area contributed by atoms with Crippen LogP contribution in [0.5, 0.6) is 0 Å². The van der Waals surface area contributed by atoms with E-state index in [0.717, 1.165) is 12.2 Å². The van der Waals surface area contributed by atoms with E-state index in [1.165, 1.54) is 22.5 Å². The van der Waals surface area contributed by atoms with E-state index in [0.29, 0.717) is 18.7 Å². The van der Waals surface area contributed by atoms with E-state index in [1.807, 2.05) is 6.07 Å². The molecule has 1 aliphatic rings. The number of hydrogen-bond acceptors (Lipinski definition) is 3. The third-order valence-electron chi connectivity index (χ3n) is 3.85. The quantitative estimate of drug-likeness (QED) is 0.876. The monoisotopic (exact) mass is 309 g/mol. The standard InChI is InChI=1S/C15H16FNO3S/c1-11-9-13(16)4-5-15(11)21(18,19)17-7-6-12(10-17)14-3-2-8-20-14/h2-5,8-9,12H,6-7,10H2,1H3. The van der Waals surface area contributed by atoms with Crippen molar-refractivity contribution in [2.75, 3.05) is 13.1 Å². The number of rotatable bonds is 3. The second-order valence-corrected chi connectivity index (χ2v) is 7.18. The van der Waals surface area contributed by atoms with Crippen LogP contribution in [0.15, 0.2) is 45.9 Å². The molecule has 0 N–H and O–H groups in total. The Labute approximate surface area is 123 Å². The van der Waals surface area contributed by atoms with Crippen LogP contribution >= 0.6 is 0 Å². The summed E-state index contributed by atoms with van der Waals surface area (Å²) in [6, 6.07) is 7.42. The fourth-order valence-corrected chi connectivity index (χ4v) is 4.45. The Morgan fingerprint density at radius 2 is 2.14 bits per heavy atom. The fraction of sp³-hybridized carbons (Fsp3) is 0.333. The SMILES string of the molecule is Cc1cc(F)ccc1S(=O)(=O)N1CCC(c2ccco2)C1. The zero-order valence-electron chi connectivity index (χ0n) is 11.6. The van der Waals surface area contributed by atoms with Crippen molar-refractivity contribution in [2.45, 2.75) is 24.2 Å². The topological polar surface area (TPSA) is 50.5 Å². The van der Waals surface area contributed by atoms with Crippen LogP contribution in [0, 0.1) is 12.7 Å². The van der Waals surface area contributed by atoms with Crippen LogP contribution in [0.2, 0.25) is 0 Å². The van der Waals surface area contributed by atoms with Crippen LogP contribution < -0.4 is 0 Å². The van der Waals surface area contributed by atoms with Gasteiger partial charge in [0, 0.05) is 19.0 Å². The van der Waals surface area contributed by atoms with Crippen LogP contribution in [-0.2, 0) is 10.0 Å². The second-order valence-electron chi connectivity index (χ2n) is 5.27. The Hall–Kier alpha value is -1.66. The molecule has 1 aliphatic heterocycles. The number of furan rings is 1. The lowest BCUT2D eigenvalue weighted by Crippen LogP contribution is -2.29. The highest BCUT2D eigenvalue weighted by molar-refractivity contribution is 7.89. The average Bonchev–Trinajstić information content (AvgIpc) is 3.09. The van der Waals surface area contributed by atoms with Crippen LogP contribution in [0.1, 0.15) is 23.7 Å². The minimum Gasteiger partial charge on any atom is -0.469 e. The summed E-state index contributed by atoms with van der Waals surface area (Å²) in [4.78, 5) is 0.170. The van der Waals surface area contributed by atoms with Gasteiger partial charge in [0.2, 0.25) is 10.0 Å². The highest BCUT2D eigenvalue weighted by Gasteiger charge is 2.35. The molecule has 1 saturated heterocycles. The van der Waals surface area contributed by atoms with Crippen LogP contribution in [0.3, 0.4) is 0 Å². The first-order chi connectivity index (χ1) is 9.98. The van der Waals surface area contributed by atoms with E-state index in [1.54, 1.807) is 19.3 Å². The molecule has 6 heteroatoms. The largest absolute Gasteiger partial charge is 0.469 e. The Kier molecular flexibility index (Phi) is 3.59. The van der Waals surface area contributed by atoms with E-state index in [4.69, 9.17) is 4.42 Å². The van der Waals surface area contributed by atoms with Crippen LogP contribution in [0.4, 0.5) is 4.39 Å². The summed E-state index contributed by atoms with van der Waals surface area (Å²) in [5, 5.41) is 0. The fourth-order valence-electron chi connectivity index (χ4n) is 2.74. The van der Waals surface area contributed by atoms with Crippen molar-refractivity contribution in [3.8, 4) is 0 Å². The first-order valence-corrected chi connectivity index (χ1v) is 8.22. The molecule has 0 radical (unpaired) electrons. The van der Waals surface area contributed by atoms with Crippen LogP contribution in [0.25, 0.3) is 0 Å². The molecule has 0 bridgehead atoms. The summed E-state index contributed by atoms with van der Waals surface area (Å²) in [6.45, 7) is 2.45. The van der Waals surface area contributed by atoms with Crippen molar-refractivity contribution in [1.82, 2.24) is 4.31 Å². The number of hydrogen-bond donors (Lipinski definition) is 0. The highest BCUT2D eigenvalue weighted by atomic mass is 32.2. The third-order valence-corrected chi connectivity index (χ3v) is 5.88. The third kappa shape index (κ3) is 2.61. The Morgan fingerprint density at radius 3 is 2.81 bits per heavy atom. The van der Waals surface area contributed by atoms with Gasteiger partial charge in [-0.05, 0) is 49.2 Å². The molecule has 1 unspecified atom stereocenters. The van der Waals surface area contributed by atoms with Gasteiger partial charge in [0.15, 0.2) is 0 Å². The Morgan fingerprint density at radius 1 is 1.33 bits per heavy atom. The molecule has 1 aromatic carbocycles. The molecule has 112 valence electrons. The molecule has 0 aliphatic carbocycles. The number of nitrogens with zero attached hydrogens (tertiary/aromatic N) is 1. The number of sulfonamides is 1. The molecule has 21 heavy (non-hydrogen) atoms. The van der Waals surface area contributed by atoms with Gasteiger partial charge in [-0.15, -0.1) is 0 Å². The van der Waals surface area contributed by atoms with Crippen LogP contribution in [-0.4, -0.2) is 25.8 Å². The summed E-state index contributed by atoms with van der Waals surface area (Å²) in [5.74, 6) is 0.459. The van der Waals surface area contributed by atoms with E-state index >= 15 is 0 Å². The van der Waals surface area contributed by atoms with Gasteiger partial charge in [-0.1, -0.05) is 0 Å². The summed E-state index contributed by atoms with van der Waals surface area (Å²) in [7, 11) is -3.59. The average molecular weight is 309 g/mol. The van der Waals surface area contributed by atoms with Crippen molar-refractivity contribution < 1.29 is 17.2 Å². The second kappa shape index (κ2) is 5.27. The number of benzene rings is 1. The predicted octanol–water partition coefficient (Wildman–Crippen LogP) is 2.91. The Bertz CT molecular complexity index is 740. The van der Waals surface area contributed by atoms with Gasteiger partial charge in [-0.3, -0.25) is 0 Å². The summed E-state index contributed by atoms with van der Waals surface area (Å²) in [5.41, 5.74) is 0.427. The Balaban J connectivity index is 1.86. The smallest absolute Gasteiger partial charge is 0.243 e. The first kappa shape index (κ1) is 14.3. The lowest BCUT2D eigenvalue weighted by molar-refractivity contribution is 0.444. The van der Waals surface area contributed by atoms with Gasteiger partial charge < -0.3 is 4.42 Å². The molecule has 1 aromatic heterocycles. The van der Waals surface area contributed by atoms with Gasteiger partial charge in [0.1, 0.15) is 11.6 Å². The molecule has 2 aromatic rings. The van der Waals surface area contributed by atoms with Gasteiger partial charge in [-0.25, -0.2) is 12.8 Å². The molecule has 2 heterocycles. The minimum absolute atomic E-state index is 0.0792. The van der Waals surface area contributed by atoms with Crippen molar-refractivity contribution >= 4 is 10.0 Å². The van der Waals surface area contributed by atoms with E-state index < -0.39 is 15.8 Å². The number of halogens is 1. The normalized spacial score (nSPS) is 20.0. The minimum atomic E-state index is -3.59. The van der Waals surface area contributed by atoms with Gasteiger partial charge in [-0.2, -0.15) is 4.31 Å². The summed E-state index contributed by atoms with van der Waals surface area (Å²) < 4.78 is 45.2. The van der Waals surface area contributed by atoms with Gasteiger partial charge in [0.25, 0.3) is 0 Å². The molecule has 1 atom stereocenters. The molecule has 4 nitrogen and oxygen atoms in total. The first-order valence-electron chi connectivity index (χ1n) is 6.78.